The molecule has 0 aliphatic carbocycles. The van der Waals surface area contributed by atoms with Crippen LogP contribution >= 0.6 is 0 Å². The van der Waals surface area contributed by atoms with Gasteiger partial charge in [-0.25, -0.2) is 0 Å². The molecule has 0 amide bonds. The lowest BCUT2D eigenvalue weighted by atomic mass is 9.85. The quantitative estimate of drug-likeness (QED) is 0.382. The van der Waals surface area contributed by atoms with E-state index in [4.69, 9.17) is 18.3 Å². The van der Waals surface area contributed by atoms with Crippen LogP contribution in [-0.4, -0.2) is 5.97 Å². The van der Waals surface area contributed by atoms with E-state index in [0.717, 1.165) is 12.0 Å². The summed E-state index contributed by atoms with van der Waals surface area (Å²) in [6, 6.07) is 13.6. The molecule has 7 heteroatoms. The zero-order valence-electron chi connectivity index (χ0n) is 19.5. The van der Waals surface area contributed by atoms with Gasteiger partial charge in [0, 0.05) is 11.6 Å². The molecule has 0 saturated heterocycles. The Hall–Kier alpha value is -4.00. The van der Waals surface area contributed by atoms with E-state index in [1.54, 1.807) is 18.2 Å². The molecular formula is C27H25O7-. The predicted octanol–water partition coefficient (Wildman–Crippen LogP) is 4.98. The van der Waals surface area contributed by atoms with Crippen molar-refractivity contribution in [3.05, 3.63) is 87.7 Å². The summed E-state index contributed by atoms with van der Waals surface area (Å²) < 4.78 is 22.5. The fraction of sp³-hybridized carbons (Fsp3) is 0.259. The van der Waals surface area contributed by atoms with Gasteiger partial charge >= 0.3 is 0 Å². The number of aryl methyl sites for hydroxylation is 1. The number of fused-ring (bicyclic) bond motifs is 1. The number of carbonyl (C=O) groups is 1. The molecule has 2 aromatic heterocycles. The van der Waals surface area contributed by atoms with Crippen LogP contribution < -0.4 is 20.0 Å². The minimum Gasteiger partial charge on any atom is -0.542 e. The molecule has 34 heavy (non-hydrogen) atoms. The van der Waals surface area contributed by atoms with Crippen molar-refractivity contribution in [1.82, 2.24) is 0 Å². The molecule has 0 radical (unpaired) electrons. The summed E-state index contributed by atoms with van der Waals surface area (Å²) in [6.45, 7) is 8.40. The Labute approximate surface area is 196 Å². The molecule has 0 atom stereocenters. The number of carbonyl (C=O) groups excluding carboxylic acids is 1. The SMILES string of the molecule is CCc1ccc(Oc2coc3cc(OCc4ccc(C(=O)[O-])o4)ccc3c2=O)c(C(C)(C)C)c1. The molecule has 0 bridgehead atoms. The van der Waals surface area contributed by atoms with Gasteiger partial charge in [0.2, 0.25) is 11.2 Å². The van der Waals surface area contributed by atoms with Gasteiger partial charge in [-0.1, -0.05) is 39.8 Å². The fourth-order valence-corrected chi connectivity index (χ4v) is 3.56. The topological polar surface area (TPSA) is 102 Å². The van der Waals surface area contributed by atoms with E-state index in [1.807, 2.05) is 12.1 Å². The highest BCUT2D eigenvalue weighted by Gasteiger charge is 2.21. The van der Waals surface area contributed by atoms with Crippen LogP contribution in [-0.2, 0) is 18.4 Å². The highest BCUT2D eigenvalue weighted by Crippen LogP contribution is 2.35. The Morgan fingerprint density at radius 1 is 1.03 bits per heavy atom. The summed E-state index contributed by atoms with van der Waals surface area (Å²) in [5, 5.41) is 11.2. The molecular weight excluding hydrogens is 436 g/mol. The molecule has 2 aromatic carbocycles. The lowest BCUT2D eigenvalue weighted by molar-refractivity contribution is -0.257. The van der Waals surface area contributed by atoms with Crippen LogP contribution in [0.3, 0.4) is 0 Å². The van der Waals surface area contributed by atoms with Gasteiger partial charge in [-0.2, -0.15) is 0 Å². The Morgan fingerprint density at radius 3 is 2.50 bits per heavy atom. The third kappa shape index (κ3) is 4.83. The van der Waals surface area contributed by atoms with Crippen molar-refractivity contribution in [3.63, 3.8) is 0 Å². The number of hydrogen-bond donors (Lipinski definition) is 0. The third-order valence-corrected chi connectivity index (χ3v) is 5.44. The smallest absolute Gasteiger partial charge is 0.235 e. The van der Waals surface area contributed by atoms with Gasteiger partial charge in [0.25, 0.3) is 0 Å². The molecule has 4 rings (SSSR count). The van der Waals surface area contributed by atoms with Gasteiger partial charge < -0.3 is 28.2 Å². The molecule has 7 nitrogen and oxygen atoms in total. The first-order chi connectivity index (χ1) is 16.2. The normalized spacial score (nSPS) is 11.5. The highest BCUT2D eigenvalue weighted by atomic mass is 16.5. The standard InChI is InChI=1S/C27H26O7/c1-5-16-6-10-21(20(12-16)27(2,3)4)34-24-15-32-23-13-17(7-9-19(23)25(24)28)31-14-18-8-11-22(33-18)26(29)30/h6-13,15H,5,14H2,1-4H3,(H,29,30)/p-1. The lowest BCUT2D eigenvalue weighted by Crippen LogP contribution is -2.21. The van der Waals surface area contributed by atoms with E-state index in [9.17, 15) is 14.7 Å². The molecule has 4 aromatic rings. The monoisotopic (exact) mass is 461 g/mol. The number of carboxylic acids is 1. The van der Waals surface area contributed by atoms with Crippen molar-refractivity contribution in [2.45, 2.75) is 46.1 Å². The number of hydrogen-bond acceptors (Lipinski definition) is 7. The average molecular weight is 461 g/mol. The van der Waals surface area contributed by atoms with Crippen molar-refractivity contribution < 1.29 is 28.2 Å². The minimum absolute atomic E-state index is 0.00749. The molecule has 0 spiro atoms. The average Bonchev–Trinajstić information content (AvgIpc) is 3.28. The predicted molar refractivity (Wildman–Crippen MR) is 124 cm³/mol. The number of benzene rings is 2. The van der Waals surface area contributed by atoms with Crippen molar-refractivity contribution in [3.8, 4) is 17.2 Å². The van der Waals surface area contributed by atoms with E-state index < -0.39 is 5.97 Å². The summed E-state index contributed by atoms with van der Waals surface area (Å²) in [5.74, 6) is -0.191. The summed E-state index contributed by atoms with van der Waals surface area (Å²) in [6.07, 6.45) is 2.21. The first-order valence-electron chi connectivity index (χ1n) is 11.0. The van der Waals surface area contributed by atoms with Crippen molar-refractivity contribution in [1.29, 1.82) is 0 Å². The maximum Gasteiger partial charge on any atom is 0.235 e. The van der Waals surface area contributed by atoms with E-state index in [-0.39, 0.29) is 29.0 Å². The first-order valence-corrected chi connectivity index (χ1v) is 11.0. The molecule has 2 heterocycles. The zero-order valence-corrected chi connectivity index (χ0v) is 19.5. The molecule has 0 N–H and O–H groups in total. The van der Waals surface area contributed by atoms with Gasteiger partial charge in [-0.3, -0.25) is 4.79 Å². The fourth-order valence-electron chi connectivity index (χ4n) is 3.56. The molecule has 0 fully saturated rings. The Morgan fingerprint density at radius 2 is 1.82 bits per heavy atom. The largest absolute Gasteiger partial charge is 0.542 e. The number of furan rings is 1. The first kappa shape index (κ1) is 23.2. The van der Waals surface area contributed by atoms with E-state index >= 15 is 0 Å². The summed E-state index contributed by atoms with van der Waals surface area (Å²) in [4.78, 5) is 23.9. The van der Waals surface area contributed by atoms with Crippen molar-refractivity contribution >= 4 is 16.9 Å². The summed E-state index contributed by atoms with van der Waals surface area (Å²) in [7, 11) is 0. The number of carboxylic acid groups (broad SMARTS) is 1. The van der Waals surface area contributed by atoms with E-state index in [1.165, 1.54) is 24.0 Å². The van der Waals surface area contributed by atoms with Gasteiger partial charge in [-0.05, 0) is 47.7 Å². The van der Waals surface area contributed by atoms with Crippen LogP contribution in [0.15, 0.2) is 68.4 Å². The third-order valence-electron chi connectivity index (χ3n) is 5.44. The molecule has 0 saturated carbocycles. The van der Waals surface area contributed by atoms with Crippen LogP contribution in [0.2, 0.25) is 0 Å². The van der Waals surface area contributed by atoms with Gasteiger partial charge in [-0.15, -0.1) is 0 Å². The second kappa shape index (κ2) is 9.09. The minimum atomic E-state index is -1.40. The molecule has 176 valence electrons. The highest BCUT2D eigenvalue weighted by molar-refractivity contribution is 5.82. The van der Waals surface area contributed by atoms with E-state index in [2.05, 4.69) is 33.8 Å². The molecule has 0 unspecified atom stereocenters. The number of aromatic carboxylic acids is 1. The maximum atomic E-state index is 13.1. The van der Waals surface area contributed by atoms with Gasteiger partial charge in [0.05, 0.1) is 5.39 Å². The van der Waals surface area contributed by atoms with Gasteiger partial charge in [0.1, 0.15) is 47.4 Å². The molecule has 0 aliphatic heterocycles. The Kier molecular flexibility index (Phi) is 6.20. The Bertz CT molecular complexity index is 1400. The van der Waals surface area contributed by atoms with E-state index in [0.29, 0.717) is 28.2 Å². The second-order valence-corrected chi connectivity index (χ2v) is 8.97. The second-order valence-electron chi connectivity index (χ2n) is 8.97. The van der Waals surface area contributed by atoms with Crippen LogP contribution in [0.25, 0.3) is 11.0 Å². The van der Waals surface area contributed by atoms with Crippen LogP contribution in [0.5, 0.6) is 17.2 Å². The summed E-state index contributed by atoms with van der Waals surface area (Å²) in [5.41, 5.74) is 2.08. The molecule has 0 aliphatic rings. The van der Waals surface area contributed by atoms with Crippen LogP contribution in [0, 0.1) is 0 Å². The zero-order chi connectivity index (χ0) is 24.5. The van der Waals surface area contributed by atoms with Crippen LogP contribution in [0.4, 0.5) is 0 Å². The van der Waals surface area contributed by atoms with Gasteiger partial charge in [0.15, 0.2) is 0 Å². The Balaban J connectivity index is 1.58. The number of ether oxygens (including phenoxy) is 2. The van der Waals surface area contributed by atoms with Crippen LogP contribution in [0.1, 0.15) is 55.1 Å². The lowest BCUT2D eigenvalue weighted by Gasteiger charge is -2.23. The summed E-state index contributed by atoms with van der Waals surface area (Å²) >= 11 is 0. The van der Waals surface area contributed by atoms with Crippen molar-refractivity contribution in [2.75, 3.05) is 0 Å². The van der Waals surface area contributed by atoms with Crippen molar-refractivity contribution in [2.24, 2.45) is 0 Å². The maximum absolute atomic E-state index is 13.1. The number of rotatable bonds is 7.